The number of hydrogen-bond donors (Lipinski definition) is 0. The van der Waals surface area contributed by atoms with E-state index in [1.807, 2.05) is 25.1 Å². The van der Waals surface area contributed by atoms with Crippen LogP contribution in [0.5, 0.6) is 5.75 Å². The molecule has 0 spiro atoms. The standard InChI is InChI=1S/C14H14O/c1-3-6-13-9-11-7-4-5-8-12(11)10-14(13)15-2/h3-10H,1-2H3/b6-3+. The summed E-state index contributed by atoms with van der Waals surface area (Å²) in [5, 5.41) is 2.45. The summed E-state index contributed by atoms with van der Waals surface area (Å²) in [5.74, 6) is 0.923. The second-order valence-corrected chi connectivity index (χ2v) is 3.44. The molecule has 0 aliphatic carbocycles. The van der Waals surface area contributed by atoms with E-state index in [0.29, 0.717) is 0 Å². The summed E-state index contributed by atoms with van der Waals surface area (Å²) < 4.78 is 5.35. The highest BCUT2D eigenvalue weighted by molar-refractivity contribution is 5.87. The summed E-state index contributed by atoms with van der Waals surface area (Å²) in [4.78, 5) is 0. The maximum absolute atomic E-state index is 5.35. The van der Waals surface area contributed by atoms with Crippen molar-refractivity contribution in [3.05, 3.63) is 48.0 Å². The maximum Gasteiger partial charge on any atom is 0.126 e. The Bertz CT molecular complexity index is 498. The lowest BCUT2D eigenvalue weighted by molar-refractivity contribution is 0.414. The Labute approximate surface area is 90.0 Å². The van der Waals surface area contributed by atoms with Gasteiger partial charge in [-0.1, -0.05) is 36.4 Å². The third-order valence-electron chi connectivity index (χ3n) is 2.44. The van der Waals surface area contributed by atoms with Crippen LogP contribution in [0.25, 0.3) is 16.8 Å². The van der Waals surface area contributed by atoms with Gasteiger partial charge in [-0.05, 0) is 29.8 Å². The lowest BCUT2D eigenvalue weighted by Crippen LogP contribution is -1.87. The molecule has 0 radical (unpaired) electrons. The first-order valence-electron chi connectivity index (χ1n) is 5.04. The van der Waals surface area contributed by atoms with Gasteiger partial charge in [-0.15, -0.1) is 0 Å². The zero-order valence-electron chi connectivity index (χ0n) is 9.03. The highest BCUT2D eigenvalue weighted by Crippen LogP contribution is 2.26. The van der Waals surface area contributed by atoms with Crippen molar-refractivity contribution in [3.63, 3.8) is 0 Å². The Morgan fingerprint density at radius 3 is 2.33 bits per heavy atom. The van der Waals surface area contributed by atoms with Crippen LogP contribution >= 0.6 is 0 Å². The van der Waals surface area contributed by atoms with Gasteiger partial charge in [-0.3, -0.25) is 0 Å². The van der Waals surface area contributed by atoms with Crippen LogP contribution in [-0.2, 0) is 0 Å². The molecule has 0 heterocycles. The van der Waals surface area contributed by atoms with Crippen LogP contribution in [-0.4, -0.2) is 7.11 Å². The molecule has 0 fully saturated rings. The molecule has 2 aromatic rings. The van der Waals surface area contributed by atoms with Gasteiger partial charge in [0.15, 0.2) is 0 Å². The second kappa shape index (κ2) is 4.18. The molecule has 0 aliphatic heterocycles. The van der Waals surface area contributed by atoms with Crippen LogP contribution in [0.1, 0.15) is 12.5 Å². The smallest absolute Gasteiger partial charge is 0.126 e. The fourth-order valence-corrected chi connectivity index (χ4v) is 1.72. The summed E-state index contributed by atoms with van der Waals surface area (Å²) in [6.45, 7) is 2.01. The molecule has 0 aromatic heterocycles. The van der Waals surface area contributed by atoms with Crippen LogP contribution in [0, 0.1) is 0 Å². The average Bonchev–Trinajstić information content (AvgIpc) is 2.28. The lowest BCUT2D eigenvalue weighted by Gasteiger charge is -2.07. The molecule has 0 atom stereocenters. The van der Waals surface area contributed by atoms with Crippen molar-refractivity contribution in [2.24, 2.45) is 0 Å². The van der Waals surface area contributed by atoms with Crippen LogP contribution in [0.2, 0.25) is 0 Å². The molecule has 0 N–H and O–H groups in total. The van der Waals surface area contributed by atoms with E-state index in [1.165, 1.54) is 10.8 Å². The van der Waals surface area contributed by atoms with Gasteiger partial charge in [0.25, 0.3) is 0 Å². The molecule has 0 unspecified atom stereocenters. The molecule has 0 amide bonds. The topological polar surface area (TPSA) is 9.23 Å². The summed E-state index contributed by atoms with van der Waals surface area (Å²) in [5.41, 5.74) is 1.12. The molecular weight excluding hydrogens is 184 g/mol. The maximum atomic E-state index is 5.35. The van der Waals surface area contributed by atoms with E-state index in [4.69, 9.17) is 4.74 Å². The Balaban J connectivity index is 2.69. The quantitative estimate of drug-likeness (QED) is 0.711. The highest BCUT2D eigenvalue weighted by atomic mass is 16.5. The van der Waals surface area contributed by atoms with E-state index in [-0.39, 0.29) is 0 Å². The first kappa shape index (κ1) is 9.78. The van der Waals surface area contributed by atoms with Gasteiger partial charge in [0.2, 0.25) is 0 Å². The monoisotopic (exact) mass is 198 g/mol. The van der Waals surface area contributed by atoms with Crippen LogP contribution in [0.15, 0.2) is 42.5 Å². The Hall–Kier alpha value is -1.76. The molecule has 1 nitrogen and oxygen atoms in total. The molecule has 0 bridgehead atoms. The first-order valence-corrected chi connectivity index (χ1v) is 5.04. The normalized spacial score (nSPS) is 11.1. The second-order valence-electron chi connectivity index (χ2n) is 3.44. The summed E-state index contributed by atoms with van der Waals surface area (Å²) >= 11 is 0. The minimum Gasteiger partial charge on any atom is -0.496 e. The SMILES string of the molecule is C/C=C/c1cc2ccccc2cc1OC. The summed E-state index contributed by atoms with van der Waals surface area (Å²) in [6.07, 6.45) is 4.08. The van der Waals surface area contributed by atoms with Crippen molar-refractivity contribution in [3.8, 4) is 5.75 Å². The van der Waals surface area contributed by atoms with Gasteiger partial charge in [-0.2, -0.15) is 0 Å². The van der Waals surface area contributed by atoms with Crippen molar-refractivity contribution in [1.29, 1.82) is 0 Å². The summed E-state index contributed by atoms with van der Waals surface area (Å²) in [6, 6.07) is 12.5. The number of fused-ring (bicyclic) bond motifs is 1. The van der Waals surface area contributed by atoms with E-state index >= 15 is 0 Å². The predicted molar refractivity (Wildman–Crippen MR) is 65.2 cm³/mol. The Kier molecular flexibility index (Phi) is 2.72. The number of methoxy groups -OCH3 is 1. The molecular formula is C14H14O. The molecule has 1 heteroatoms. The minimum atomic E-state index is 0.923. The fraction of sp³-hybridized carbons (Fsp3) is 0.143. The van der Waals surface area contributed by atoms with Crippen molar-refractivity contribution < 1.29 is 4.74 Å². The molecule has 0 saturated heterocycles. The van der Waals surface area contributed by atoms with Crippen LogP contribution in [0.4, 0.5) is 0 Å². The Morgan fingerprint density at radius 1 is 1.07 bits per heavy atom. The zero-order chi connectivity index (χ0) is 10.7. The predicted octanol–water partition coefficient (Wildman–Crippen LogP) is 3.88. The third kappa shape index (κ3) is 1.86. The number of allylic oxidation sites excluding steroid dienone is 1. The number of ether oxygens (including phenoxy) is 1. The fourth-order valence-electron chi connectivity index (χ4n) is 1.72. The van der Waals surface area contributed by atoms with E-state index in [2.05, 4.69) is 30.3 Å². The van der Waals surface area contributed by atoms with E-state index < -0.39 is 0 Å². The van der Waals surface area contributed by atoms with Gasteiger partial charge >= 0.3 is 0 Å². The summed E-state index contributed by atoms with van der Waals surface area (Å²) in [7, 11) is 1.71. The van der Waals surface area contributed by atoms with Crippen LogP contribution < -0.4 is 4.74 Å². The highest BCUT2D eigenvalue weighted by Gasteiger charge is 2.01. The number of hydrogen-bond acceptors (Lipinski definition) is 1. The first-order chi connectivity index (χ1) is 7.35. The number of rotatable bonds is 2. The van der Waals surface area contributed by atoms with E-state index in [1.54, 1.807) is 7.11 Å². The Morgan fingerprint density at radius 2 is 1.73 bits per heavy atom. The minimum absolute atomic E-state index is 0.923. The zero-order valence-corrected chi connectivity index (χ0v) is 9.03. The van der Waals surface area contributed by atoms with Gasteiger partial charge in [0.05, 0.1) is 7.11 Å². The van der Waals surface area contributed by atoms with Gasteiger partial charge in [0.1, 0.15) is 5.75 Å². The van der Waals surface area contributed by atoms with Gasteiger partial charge < -0.3 is 4.74 Å². The van der Waals surface area contributed by atoms with E-state index in [0.717, 1.165) is 11.3 Å². The average molecular weight is 198 g/mol. The van der Waals surface area contributed by atoms with Crippen LogP contribution in [0.3, 0.4) is 0 Å². The van der Waals surface area contributed by atoms with Crippen molar-refractivity contribution in [2.45, 2.75) is 6.92 Å². The third-order valence-corrected chi connectivity index (χ3v) is 2.44. The molecule has 15 heavy (non-hydrogen) atoms. The number of benzene rings is 2. The molecule has 2 rings (SSSR count). The lowest BCUT2D eigenvalue weighted by atomic mass is 10.1. The van der Waals surface area contributed by atoms with Gasteiger partial charge in [-0.25, -0.2) is 0 Å². The van der Waals surface area contributed by atoms with E-state index in [9.17, 15) is 0 Å². The van der Waals surface area contributed by atoms with Crippen molar-refractivity contribution in [1.82, 2.24) is 0 Å². The molecule has 2 aromatic carbocycles. The van der Waals surface area contributed by atoms with Crippen molar-refractivity contribution in [2.75, 3.05) is 7.11 Å². The van der Waals surface area contributed by atoms with Gasteiger partial charge in [0, 0.05) is 5.56 Å². The largest absolute Gasteiger partial charge is 0.496 e. The molecule has 0 saturated carbocycles. The van der Waals surface area contributed by atoms with Crippen molar-refractivity contribution >= 4 is 16.8 Å². The molecule has 76 valence electrons. The molecule has 0 aliphatic rings.